The Hall–Kier alpha value is -1.83. The predicted octanol–water partition coefficient (Wildman–Crippen LogP) is 5.26. The van der Waals surface area contributed by atoms with Crippen LogP contribution in [0.5, 0.6) is 0 Å². The molecule has 0 saturated heterocycles. The van der Waals surface area contributed by atoms with E-state index in [1.54, 1.807) is 6.92 Å². The lowest BCUT2D eigenvalue weighted by Gasteiger charge is -2.31. The Kier molecular flexibility index (Phi) is 3.32. The molecule has 0 unspecified atom stereocenters. The Labute approximate surface area is 132 Å². The summed E-state index contributed by atoms with van der Waals surface area (Å²) < 4.78 is 6.06. The fourth-order valence-electron chi connectivity index (χ4n) is 3.87. The molecule has 2 atom stereocenters. The van der Waals surface area contributed by atoms with Gasteiger partial charge in [0, 0.05) is 5.41 Å². The molecule has 0 aliphatic heterocycles. The molecule has 2 heteroatoms. The van der Waals surface area contributed by atoms with Gasteiger partial charge in [-0.2, -0.15) is 0 Å². The van der Waals surface area contributed by atoms with Gasteiger partial charge < -0.3 is 4.42 Å². The molecule has 0 spiro atoms. The molecule has 22 heavy (non-hydrogen) atoms. The number of rotatable bonds is 3. The number of carbonyl (C=O) groups excluding carboxylic acids is 1. The second-order valence-electron chi connectivity index (χ2n) is 7.53. The Morgan fingerprint density at radius 1 is 1.23 bits per heavy atom. The summed E-state index contributed by atoms with van der Waals surface area (Å²) in [6.07, 6.45) is 1.07. The van der Waals surface area contributed by atoms with Crippen molar-refractivity contribution in [3.8, 4) is 0 Å². The topological polar surface area (TPSA) is 30.2 Å². The van der Waals surface area contributed by atoms with Gasteiger partial charge in [0.1, 0.15) is 11.5 Å². The molecular weight excluding hydrogens is 272 g/mol. The van der Waals surface area contributed by atoms with E-state index >= 15 is 0 Å². The maximum absolute atomic E-state index is 11.8. The van der Waals surface area contributed by atoms with Crippen LogP contribution < -0.4 is 0 Å². The number of aryl methyl sites for hydroxylation is 1. The predicted molar refractivity (Wildman–Crippen MR) is 88.4 cm³/mol. The summed E-state index contributed by atoms with van der Waals surface area (Å²) in [5.41, 5.74) is 2.13. The average molecular weight is 296 g/mol. The van der Waals surface area contributed by atoms with Crippen LogP contribution in [0.25, 0.3) is 0 Å². The quantitative estimate of drug-likeness (QED) is 0.723. The maximum atomic E-state index is 11.8. The van der Waals surface area contributed by atoms with Crippen LogP contribution in [0.2, 0.25) is 0 Å². The van der Waals surface area contributed by atoms with Gasteiger partial charge in [-0.3, -0.25) is 4.79 Å². The summed E-state index contributed by atoms with van der Waals surface area (Å²) >= 11 is 0. The smallest absolute Gasteiger partial charge is 0.163 e. The van der Waals surface area contributed by atoms with Gasteiger partial charge in [-0.15, -0.1) is 0 Å². The highest BCUT2D eigenvalue weighted by Crippen LogP contribution is 2.69. The molecule has 1 saturated carbocycles. The Morgan fingerprint density at radius 2 is 1.86 bits per heavy atom. The van der Waals surface area contributed by atoms with Gasteiger partial charge in [-0.25, -0.2) is 0 Å². The number of ketones is 1. The maximum Gasteiger partial charge on any atom is 0.163 e. The van der Waals surface area contributed by atoms with Crippen molar-refractivity contribution in [1.82, 2.24) is 0 Å². The average Bonchev–Trinajstić information content (AvgIpc) is 3.10. The minimum Gasteiger partial charge on any atom is -0.465 e. The summed E-state index contributed by atoms with van der Waals surface area (Å²) in [5, 5.41) is 0. The van der Waals surface area contributed by atoms with Crippen molar-refractivity contribution in [2.24, 2.45) is 5.41 Å². The number of carbonyl (C=O) groups is 1. The summed E-state index contributed by atoms with van der Waals surface area (Å²) in [4.78, 5) is 11.8. The van der Waals surface area contributed by atoms with Gasteiger partial charge in [0.25, 0.3) is 0 Å². The Morgan fingerprint density at radius 3 is 2.36 bits per heavy atom. The van der Waals surface area contributed by atoms with Gasteiger partial charge in [-0.1, -0.05) is 51.1 Å². The molecule has 1 aromatic heterocycles. The molecule has 1 fully saturated rings. The molecule has 1 heterocycles. The van der Waals surface area contributed by atoms with Crippen molar-refractivity contribution in [3.63, 3.8) is 0 Å². The van der Waals surface area contributed by atoms with E-state index in [1.165, 1.54) is 5.56 Å². The van der Waals surface area contributed by atoms with Gasteiger partial charge in [0.05, 0.1) is 5.56 Å². The lowest BCUT2D eigenvalue weighted by atomic mass is 9.73. The zero-order valence-electron chi connectivity index (χ0n) is 14.1. The molecule has 0 radical (unpaired) electrons. The molecule has 1 aromatic carbocycles. The first-order valence-corrected chi connectivity index (χ1v) is 7.94. The summed E-state index contributed by atoms with van der Waals surface area (Å²) in [7, 11) is 0. The highest BCUT2D eigenvalue weighted by atomic mass is 16.3. The van der Waals surface area contributed by atoms with Gasteiger partial charge in [0.15, 0.2) is 5.78 Å². The standard InChI is InChI=1S/C20H24O2/c1-13(21)16-11-18(22-14(16)2)20(19(3,4)5)12-17(20)15-9-7-6-8-10-15/h6-11,17H,12H2,1-5H3/t17-,20+/m0/s1. The van der Waals surface area contributed by atoms with Crippen LogP contribution in [0.3, 0.4) is 0 Å². The molecule has 0 N–H and O–H groups in total. The molecule has 0 bridgehead atoms. The number of Topliss-reactive ketones (excluding diaryl/α,β-unsaturated/α-hetero) is 1. The van der Waals surface area contributed by atoms with Crippen LogP contribution in [0.4, 0.5) is 0 Å². The molecular formula is C20H24O2. The summed E-state index contributed by atoms with van der Waals surface area (Å²) in [6.45, 7) is 10.3. The molecule has 3 rings (SSSR count). The first-order valence-electron chi connectivity index (χ1n) is 7.94. The monoisotopic (exact) mass is 296 g/mol. The highest BCUT2D eigenvalue weighted by molar-refractivity contribution is 5.95. The van der Waals surface area contributed by atoms with Crippen molar-refractivity contribution in [2.45, 2.75) is 52.4 Å². The van der Waals surface area contributed by atoms with E-state index in [-0.39, 0.29) is 16.6 Å². The molecule has 1 aliphatic carbocycles. The van der Waals surface area contributed by atoms with Crippen LogP contribution >= 0.6 is 0 Å². The van der Waals surface area contributed by atoms with E-state index in [1.807, 2.05) is 13.0 Å². The summed E-state index contributed by atoms with van der Waals surface area (Å²) in [6, 6.07) is 12.6. The first kappa shape index (κ1) is 15.1. The number of hydrogen-bond acceptors (Lipinski definition) is 2. The summed E-state index contributed by atoms with van der Waals surface area (Å²) in [5.74, 6) is 2.24. The fourth-order valence-corrected chi connectivity index (χ4v) is 3.87. The SMILES string of the molecule is CC(=O)c1cc([C@@]2(C(C)(C)C)C[C@H]2c2ccccc2)oc1C. The van der Waals surface area contributed by atoms with E-state index in [4.69, 9.17) is 4.42 Å². The van der Waals surface area contributed by atoms with Crippen molar-refractivity contribution in [3.05, 3.63) is 59.0 Å². The molecule has 2 aromatic rings. The van der Waals surface area contributed by atoms with Gasteiger partial charge in [-0.05, 0) is 43.2 Å². The second kappa shape index (κ2) is 4.84. The minimum atomic E-state index is -0.0210. The fraction of sp³-hybridized carbons (Fsp3) is 0.450. The van der Waals surface area contributed by atoms with Crippen LogP contribution in [-0.2, 0) is 5.41 Å². The van der Waals surface area contributed by atoms with E-state index in [0.29, 0.717) is 5.92 Å². The third-order valence-corrected chi connectivity index (χ3v) is 5.24. The van der Waals surface area contributed by atoms with E-state index in [9.17, 15) is 4.79 Å². The molecule has 2 nitrogen and oxygen atoms in total. The molecule has 0 amide bonds. The number of benzene rings is 1. The van der Waals surface area contributed by atoms with E-state index < -0.39 is 0 Å². The molecule has 116 valence electrons. The largest absolute Gasteiger partial charge is 0.465 e. The zero-order chi connectivity index (χ0) is 16.1. The third kappa shape index (κ3) is 2.13. The van der Waals surface area contributed by atoms with Crippen LogP contribution in [0, 0.1) is 12.3 Å². The van der Waals surface area contributed by atoms with Crippen LogP contribution in [0.1, 0.15) is 67.5 Å². The first-order chi connectivity index (χ1) is 10.3. The van der Waals surface area contributed by atoms with E-state index in [2.05, 4.69) is 51.1 Å². The second-order valence-corrected chi connectivity index (χ2v) is 7.53. The van der Waals surface area contributed by atoms with Crippen LogP contribution in [-0.4, -0.2) is 5.78 Å². The number of furan rings is 1. The van der Waals surface area contributed by atoms with Crippen LogP contribution in [0.15, 0.2) is 40.8 Å². The Bertz CT molecular complexity index is 703. The Balaban J connectivity index is 2.07. The van der Waals surface area contributed by atoms with Gasteiger partial charge in [0.2, 0.25) is 0 Å². The number of hydrogen-bond donors (Lipinski definition) is 0. The zero-order valence-corrected chi connectivity index (χ0v) is 14.1. The van der Waals surface area contributed by atoms with Crippen molar-refractivity contribution in [2.75, 3.05) is 0 Å². The lowest BCUT2D eigenvalue weighted by molar-refractivity contribution is 0.101. The minimum absolute atomic E-state index is 0.0210. The molecule has 1 aliphatic rings. The van der Waals surface area contributed by atoms with Crippen molar-refractivity contribution >= 4 is 5.78 Å². The van der Waals surface area contributed by atoms with Crippen molar-refractivity contribution < 1.29 is 9.21 Å². The normalized spacial score (nSPS) is 24.3. The third-order valence-electron chi connectivity index (χ3n) is 5.24. The van der Waals surface area contributed by atoms with Crippen molar-refractivity contribution in [1.29, 1.82) is 0 Å². The highest BCUT2D eigenvalue weighted by Gasteiger charge is 2.64. The van der Waals surface area contributed by atoms with E-state index in [0.717, 1.165) is 23.5 Å². The van der Waals surface area contributed by atoms with Gasteiger partial charge >= 0.3 is 0 Å². The lowest BCUT2D eigenvalue weighted by Crippen LogP contribution is -2.27.